The quantitative estimate of drug-likeness (QED) is 0.875. The highest BCUT2D eigenvalue weighted by molar-refractivity contribution is 5.92. The highest BCUT2D eigenvalue weighted by Crippen LogP contribution is 2.29. The smallest absolute Gasteiger partial charge is 0.227 e. The Morgan fingerprint density at radius 2 is 1.81 bits per heavy atom. The van der Waals surface area contributed by atoms with Crippen molar-refractivity contribution in [2.75, 3.05) is 26.0 Å². The standard InChI is InChI=1S/C17H27N3O/c1-20(2)12-14-5-9-16(10-6-14)19-17(21)15-7-3-13(11-18)4-8-15/h5-6,9-10,13,15H,3-4,7-8,11-12,18H2,1-2H3,(H,19,21). The van der Waals surface area contributed by atoms with Crippen LogP contribution in [0.15, 0.2) is 24.3 Å². The fraction of sp³-hybridized carbons (Fsp3) is 0.588. The zero-order valence-corrected chi connectivity index (χ0v) is 13.1. The van der Waals surface area contributed by atoms with Crippen LogP contribution in [-0.2, 0) is 11.3 Å². The molecule has 0 saturated heterocycles. The van der Waals surface area contributed by atoms with E-state index in [0.717, 1.165) is 44.5 Å². The number of benzene rings is 1. The van der Waals surface area contributed by atoms with E-state index < -0.39 is 0 Å². The van der Waals surface area contributed by atoms with E-state index in [0.29, 0.717) is 5.92 Å². The lowest BCUT2D eigenvalue weighted by atomic mass is 9.81. The van der Waals surface area contributed by atoms with Gasteiger partial charge in [-0.25, -0.2) is 0 Å². The molecule has 0 aromatic heterocycles. The van der Waals surface area contributed by atoms with E-state index in [1.807, 2.05) is 26.2 Å². The van der Waals surface area contributed by atoms with Gasteiger partial charge in [-0.3, -0.25) is 4.79 Å². The zero-order valence-electron chi connectivity index (χ0n) is 13.1. The van der Waals surface area contributed by atoms with Gasteiger partial charge in [0.25, 0.3) is 0 Å². The van der Waals surface area contributed by atoms with Crippen LogP contribution in [0, 0.1) is 11.8 Å². The van der Waals surface area contributed by atoms with Crippen LogP contribution in [0.5, 0.6) is 0 Å². The van der Waals surface area contributed by atoms with Gasteiger partial charge in [0.05, 0.1) is 0 Å². The summed E-state index contributed by atoms with van der Waals surface area (Å²) in [6.07, 6.45) is 4.09. The van der Waals surface area contributed by atoms with Crippen molar-refractivity contribution in [1.29, 1.82) is 0 Å². The van der Waals surface area contributed by atoms with Crippen molar-refractivity contribution >= 4 is 11.6 Å². The summed E-state index contributed by atoms with van der Waals surface area (Å²) >= 11 is 0. The number of carbonyl (C=O) groups excluding carboxylic acids is 1. The lowest BCUT2D eigenvalue weighted by molar-refractivity contribution is -0.121. The monoisotopic (exact) mass is 289 g/mol. The number of hydrogen-bond acceptors (Lipinski definition) is 3. The molecule has 1 aromatic rings. The number of nitrogens with two attached hydrogens (primary N) is 1. The molecular weight excluding hydrogens is 262 g/mol. The van der Waals surface area contributed by atoms with Gasteiger partial charge >= 0.3 is 0 Å². The highest BCUT2D eigenvalue weighted by Gasteiger charge is 2.25. The summed E-state index contributed by atoms with van der Waals surface area (Å²) in [5, 5.41) is 3.04. The van der Waals surface area contributed by atoms with E-state index in [1.54, 1.807) is 0 Å². The Balaban J connectivity index is 1.85. The SMILES string of the molecule is CN(C)Cc1ccc(NC(=O)C2CCC(CN)CC2)cc1. The molecule has 1 saturated carbocycles. The zero-order chi connectivity index (χ0) is 15.2. The first-order valence-electron chi connectivity index (χ1n) is 7.83. The first kappa shape index (κ1) is 16.0. The van der Waals surface area contributed by atoms with Gasteiger partial charge in [0.2, 0.25) is 5.91 Å². The maximum absolute atomic E-state index is 12.3. The first-order chi connectivity index (χ1) is 10.1. The van der Waals surface area contributed by atoms with Crippen molar-refractivity contribution in [3.05, 3.63) is 29.8 Å². The summed E-state index contributed by atoms with van der Waals surface area (Å²) in [7, 11) is 4.10. The van der Waals surface area contributed by atoms with E-state index in [2.05, 4.69) is 22.3 Å². The predicted octanol–water partition coefficient (Wildman–Crippen LogP) is 2.45. The minimum atomic E-state index is 0.147. The average Bonchev–Trinajstić information content (AvgIpc) is 2.49. The second-order valence-electron chi connectivity index (χ2n) is 6.38. The van der Waals surface area contributed by atoms with Gasteiger partial charge < -0.3 is 16.0 Å². The Morgan fingerprint density at radius 1 is 1.19 bits per heavy atom. The van der Waals surface area contributed by atoms with Gasteiger partial charge in [0, 0.05) is 18.2 Å². The van der Waals surface area contributed by atoms with Crippen LogP contribution in [0.3, 0.4) is 0 Å². The number of nitrogens with one attached hydrogen (secondary N) is 1. The third kappa shape index (κ3) is 4.83. The fourth-order valence-corrected chi connectivity index (χ4v) is 2.96. The molecule has 0 spiro atoms. The van der Waals surface area contributed by atoms with Crippen molar-refractivity contribution in [3.8, 4) is 0 Å². The molecule has 0 bridgehead atoms. The van der Waals surface area contributed by atoms with Crippen molar-refractivity contribution < 1.29 is 4.79 Å². The van der Waals surface area contributed by atoms with Gasteiger partial charge in [0.15, 0.2) is 0 Å². The molecule has 116 valence electrons. The Hall–Kier alpha value is -1.39. The van der Waals surface area contributed by atoms with Crippen LogP contribution >= 0.6 is 0 Å². The number of amides is 1. The minimum absolute atomic E-state index is 0.147. The van der Waals surface area contributed by atoms with Crippen LogP contribution in [0.4, 0.5) is 5.69 Å². The minimum Gasteiger partial charge on any atom is -0.330 e. The Kier molecular flexibility index (Phi) is 5.76. The number of anilines is 1. The molecule has 1 aromatic carbocycles. The maximum atomic E-state index is 12.3. The number of hydrogen-bond donors (Lipinski definition) is 2. The molecule has 2 rings (SSSR count). The molecule has 1 fully saturated rings. The van der Waals surface area contributed by atoms with Crippen LogP contribution in [0.25, 0.3) is 0 Å². The third-order valence-electron chi connectivity index (χ3n) is 4.27. The molecule has 21 heavy (non-hydrogen) atoms. The van der Waals surface area contributed by atoms with Crippen LogP contribution < -0.4 is 11.1 Å². The summed E-state index contributed by atoms with van der Waals surface area (Å²) in [5.74, 6) is 0.916. The molecule has 4 heteroatoms. The number of rotatable bonds is 5. The fourth-order valence-electron chi connectivity index (χ4n) is 2.96. The Bertz CT molecular complexity index is 448. The van der Waals surface area contributed by atoms with Crippen LogP contribution in [0.2, 0.25) is 0 Å². The van der Waals surface area contributed by atoms with Gasteiger partial charge in [-0.1, -0.05) is 12.1 Å². The van der Waals surface area contributed by atoms with Crippen molar-refractivity contribution in [3.63, 3.8) is 0 Å². The van der Waals surface area contributed by atoms with Crippen LogP contribution in [0.1, 0.15) is 31.2 Å². The van der Waals surface area contributed by atoms with E-state index in [9.17, 15) is 4.79 Å². The lowest BCUT2D eigenvalue weighted by Gasteiger charge is -2.26. The van der Waals surface area contributed by atoms with Crippen LogP contribution in [-0.4, -0.2) is 31.4 Å². The summed E-state index contributed by atoms with van der Waals surface area (Å²) in [6, 6.07) is 8.12. The second-order valence-corrected chi connectivity index (χ2v) is 6.38. The summed E-state index contributed by atoms with van der Waals surface area (Å²) in [5.41, 5.74) is 7.84. The molecule has 0 unspecified atom stereocenters. The molecule has 1 aliphatic carbocycles. The molecule has 1 amide bonds. The van der Waals surface area contributed by atoms with Gasteiger partial charge in [-0.2, -0.15) is 0 Å². The maximum Gasteiger partial charge on any atom is 0.227 e. The summed E-state index contributed by atoms with van der Waals surface area (Å²) in [6.45, 7) is 1.67. The Labute approximate surface area is 127 Å². The molecule has 4 nitrogen and oxygen atoms in total. The topological polar surface area (TPSA) is 58.4 Å². The molecule has 1 aliphatic rings. The second kappa shape index (κ2) is 7.57. The van der Waals surface area contributed by atoms with Gasteiger partial charge in [-0.05, 0) is 69.9 Å². The lowest BCUT2D eigenvalue weighted by Crippen LogP contribution is -2.29. The first-order valence-corrected chi connectivity index (χ1v) is 7.83. The third-order valence-corrected chi connectivity index (χ3v) is 4.27. The molecule has 0 heterocycles. The van der Waals surface area contributed by atoms with Crippen molar-refractivity contribution in [2.24, 2.45) is 17.6 Å². The Morgan fingerprint density at radius 3 is 2.33 bits per heavy atom. The van der Waals surface area contributed by atoms with Crippen molar-refractivity contribution in [2.45, 2.75) is 32.2 Å². The molecule has 0 atom stereocenters. The summed E-state index contributed by atoms with van der Waals surface area (Å²) < 4.78 is 0. The summed E-state index contributed by atoms with van der Waals surface area (Å²) in [4.78, 5) is 14.4. The predicted molar refractivity (Wildman–Crippen MR) is 87.0 cm³/mol. The van der Waals surface area contributed by atoms with E-state index >= 15 is 0 Å². The molecule has 3 N–H and O–H groups in total. The largest absolute Gasteiger partial charge is 0.330 e. The van der Waals surface area contributed by atoms with Gasteiger partial charge in [0.1, 0.15) is 0 Å². The van der Waals surface area contributed by atoms with E-state index in [4.69, 9.17) is 5.73 Å². The van der Waals surface area contributed by atoms with E-state index in [-0.39, 0.29) is 11.8 Å². The highest BCUT2D eigenvalue weighted by atomic mass is 16.1. The van der Waals surface area contributed by atoms with Crippen molar-refractivity contribution in [1.82, 2.24) is 4.90 Å². The number of carbonyl (C=O) groups is 1. The molecule has 0 aliphatic heterocycles. The number of nitrogens with zero attached hydrogens (tertiary/aromatic N) is 1. The average molecular weight is 289 g/mol. The van der Waals surface area contributed by atoms with E-state index in [1.165, 1.54) is 5.56 Å². The molecular formula is C17H27N3O. The van der Waals surface area contributed by atoms with Gasteiger partial charge in [-0.15, -0.1) is 0 Å². The normalized spacial score (nSPS) is 22.3. The molecule has 0 radical (unpaired) electrons.